The summed E-state index contributed by atoms with van der Waals surface area (Å²) in [4.78, 5) is 16.7. The molecule has 1 atom stereocenters. The molecule has 0 aliphatic carbocycles. The van der Waals surface area contributed by atoms with E-state index in [2.05, 4.69) is 30.6 Å². The second-order valence-corrected chi connectivity index (χ2v) is 4.06. The van der Waals surface area contributed by atoms with Gasteiger partial charge in [-0.05, 0) is 13.3 Å². The molecule has 0 aliphatic heterocycles. The van der Waals surface area contributed by atoms with Crippen molar-refractivity contribution in [2.24, 2.45) is 0 Å². The van der Waals surface area contributed by atoms with E-state index in [1.807, 2.05) is 6.92 Å². The zero-order valence-electron chi connectivity index (χ0n) is 10.9. The van der Waals surface area contributed by atoms with Gasteiger partial charge in [-0.2, -0.15) is 15.0 Å². The Morgan fingerprint density at radius 1 is 1.32 bits per heavy atom. The molecule has 2 rings (SSSR count). The molecular weight excluding hydrogens is 246 g/mol. The minimum absolute atomic E-state index is 0.0766. The molecule has 8 heteroatoms. The first-order valence-corrected chi connectivity index (χ1v) is 6.02. The minimum atomic E-state index is 0.0766. The summed E-state index contributed by atoms with van der Waals surface area (Å²) in [5.74, 6) is 1.41. The van der Waals surface area contributed by atoms with Crippen LogP contribution in [0.1, 0.15) is 13.3 Å². The van der Waals surface area contributed by atoms with Gasteiger partial charge >= 0.3 is 0 Å². The lowest BCUT2D eigenvalue weighted by Gasteiger charge is -2.13. The van der Waals surface area contributed by atoms with Crippen molar-refractivity contribution in [3.05, 3.63) is 18.7 Å². The number of aliphatic hydroxyl groups excluding tert-OH is 1. The van der Waals surface area contributed by atoms with E-state index >= 15 is 0 Å². The highest BCUT2D eigenvalue weighted by Gasteiger charge is 2.09. The maximum absolute atomic E-state index is 8.90. The average Bonchev–Trinajstić information content (AvgIpc) is 2.92. The molecule has 2 aromatic rings. The largest absolute Gasteiger partial charge is 0.396 e. The number of hydrogen-bond donors (Lipinski definition) is 3. The molecule has 0 saturated carbocycles. The summed E-state index contributed by atoms with van der Waals surface area (Å²) in [6.07, 6.45) is 5.66. The number of nitrogens with one attached hydrogen (secondary N) is 2. The summed E-state index contributed by atoms with van der Waals surface area (Å²) in [6.45, 7) is 2.07. The molecule has 8 nitrogen and oxygen atoms in total. The van der Waals surface area contributed by atoms with E-state index in [4.69, 9.17) is 5.11 Å². The number of aliphatic hydroxyl groups is 1. The van der Waals surface area contributed by atoms with Crippen molar-refractivity contribution in [3.8, 4) is 5.95 Å². The number of imidazole rings is 1. The summed E-state index contributed by atoms with van der Waals surface area (Å²) >= 11 is 0. The van der Waals surface area contributed by atoms with Crippen LogP contribution in [0, 0.1) is 0 Å². The predicted octanol–water partition coefficient (Wildman–Crippen LogP) is 0.282. The lowest BCUT2D eigenvalue weighted by atomic mass is 10.2. The molecular formula is C11H17N7O. The Morgan fingerprint density at radius 3 is 2.74 bits per heavy atom. The van der Waals surface area contributed by atoms with Crippen LogP contribution < -0.4 is 10.6 Å². The summed E-state index contributed by atoms with van der Waals surface area (Å²) in [6, 6.07) is 0.0766. The first-order chi connectivity index (χ1) is 9.22. The summed E-state index contributed by atoms with van der Waals surface area (Å²) in [5.41, 5.74) is 0. The monoisotopic (exact) mass is 263 g/mol. The fraction of sp³-hybridized carbons (Fsp3) is 0.455. The fourth-order valence-corrected chi connectivity index (χ4v) is 1.52. The van der Waals surface area contributed by atoms with Crippen LogP contribution in [0.2, 0.25) is 0 Å². The molecule has 0 aromatic carbocycles. The Morgan fingerprint density at radius 2 is 2.11 bits per heavy atom. The molecule has 2 aromatic heterocycles. The van der Waals surface area contributed by atoms with Crippen LogP contribution in [-0.2, 0) is 0 Å². The molecule has 2 heterocycles. The molecule has 0 amide bonds. The maximum Gasteiger partial charge on any atom is 0.241 e. The van der Waals surface area contributed by atoms with Crippen molar-refractivity contribution >= 4 is 11.9 Å². The van der Waals surface area contributed by atoms with Crippen LogP contribution in [0.4, 0.5) is 11.9 Å². The van der Waals surface area contributed by atoms with Crippen molar-refractivity contribution in [3.63, 3.8) is 0 Å². The number of rotatable bonds is 6. The Labute approximate surface area is 111 Å². The van der Waals surface area contributed by atoms with Crippen molar-refractivity contribution in [2.45, 2.75) is 19.4 Å². The third-order valence-corrected chi connectivity index (χ3v) is 2.52. The highest BCUT2D eigenvalue weighted by molar-refractivity contribution is 5.38. The second kappa shape index (κ2) is 6.10. The number of hydrogen-bond acceptors (Lipinski definition) is 7. The van der Waals surface area contributed by atoms with E-state index in [1.54, 1.807) is 30.3 Å². The minimum Gasteiger partial charge on any atom is -0.396 e. The Kier molecular flexibility index (Phi) is 4.24. The smallest absolute Gasteiger partial charge is 0.241 e. The molecule has 0 spiro atoms. The van der Waals surface area contributed by atoms with Crippen molar-refractivity contribution in [1.82, 2.24) is 24.5 Å². The lowest BCUT2D eigenvalue weighted by Crippen LogP contribution is -2.20. The van der Waals surface area contributed by atoms with E-state index in [0.717, 1.165) is 0 Å². The quantitative estimate of drug-likeness (QED) is 0.688. The van der Waals surface area contributed by atoms with Gasteiger partial charge in [-0.1, -0.05) is 0 Å². The number of anilines is 2. The van der Waals surface area contributed by atoms with Crippen molar-refractivity contribution < 1.29 is 5.11 Å². The summed E-state index contributed by atoms with van der Waals surface area (Å²) in [5, 5.41) is 14.9. The van der Waals surface area contributed by atoms with Gasteiger partial charge in [0.15, 0.2) is 0 Å². The Hall–Kier alpha value is -2.22. The third kappa shape index (κ3) is 3.38. The van der Waals surface area contributed by atoms with Crippen LogP contribution in [0.5, 0.6) is 0 Å². The van der Waals surface area contributed by atoms with E-state index in [9.17, 15) is 0 Å². The normalized spacial score (nSPS) is 12.2. The van der Waals surface area contributed by atoms with Gasteiger partial charge in [0.2, 0.25) is 17.8 Å². The molecule has 19 heavy (non-hydrogen) atoms. The lowest BCUT2D eigenvalue weighted by molar-refractivity contribution is 0.282. The number of nitrogens with zero attached hydrogens (tertiary/aromatic N) is 5. The van der Waals surface area contributed by atoms with Gasteiger partial charge in [0, 0.05) is 32.1 Å². The van der Waals surface area contributed by atoms with Gasteiger partial charge in [0.25, 0.3) is 0 Å². The van der Waals surface area contributed by atoms with E-state index in [0.29, 0.717) is 24.3 Å². The average molecular weight is 263 g/mol. The Bertz CT molecular complexity index is 514. The van der Waals surface area contributed by atoms with Gasteiger partial charge in [0.05, 0.1) is 0 Å². The zero-order valence-corrected chi connectivity index (χ0v) is 10.9. The molecule has 102 valence electrons. The van der Waals surface area contributed by atoms with Gasteiger partial charge in [-0.25, -0.2) is 4.98 Å². The van der Waals surface area contributed by atoms with E-state index < -0.39 is 0 Å². The highest BCUT2D eigenvalue weighted by atomic mass is 16.3. The topological polar surface area (TPSA) is 101 Å². The molecule has 0 bridgehead atoms. The number of aromatic nitrogens is 5. The first kappa shape index (κ1) is 13.2. The highest BCUT2D eigenvalue weighted by Crippen LogP contribution is 2.10. The molecule has 3 N–H and O–H groups in total. The second-order valence-electron chi connectivity index (χ2n) is 4.06. The van der Waals surface area contributed by atoms with Crippen LogP contribution >= 0.6 is 0 Å². The third-order valence-electron chi connectivity index (χ3n) is 2.52. The SMILES string of the molecule is CNc1nc(NC(C)CCO)nc(-n2ccnc2)n1. The summed E-state index contributed by atoms with van der Waals surface area (Å²) in [7, 11) is 1.74. The van der Waals surface area contributed by atoms with Gasteiger partial charge in [-0.15, -0.1) is 0 Å². The molecule has 0 saturated heterocycles. The van der Waals surface area contributed by atoms with Crippen LogP contribution in [-0.4, -0.2) is 49.3 Å². The van der Waals surface area contributed by atoms with Crippen LogP contribution in [0.25, 0.3) is 5.95 Å². The Balaban J connectivity index is 2.26. The van der Waals surface area contributed by atoms with Gasteiger partial charge in [0.1, 0.15) is 6.33 Å². The molecule has 0 aliphatic rings. The van der Waals surface area contributed by atoms with Crippen molar-refractivity contribution in [2.75, 3.05) is 24.3 Å². The molecule has 0 radical (unpaired) electrons. The van der Waals surface area contributed by atoms with E-state index in [-0.39, 0.29) is 12.6 Å². The first-order valence-electron chi connectivity index (χ1n) is 6.02. The molecule has 0 fully saturated rings. The standard InChI is InChI=1S/C11H17N7O/c1-8(3-6-19)14-10-15-9(12-2)16-11(17-10)18-5-4-13-7-18/h4-5,7-8,19H,3,6H2,1-2H3,(H2,12,14,15,16,17). The van der Waals surface area contributed by atoms with Crippen molar-refractivity contribution in [1.29, 1.82) is 0 Å². The van der Waals surface area contributed by atoms with Crippen LogP contribution in [0.3, 0.4) is 0 Å². The predicted molar refractivity (Wildman–Crippen MR) is 71.3 cm³/mol. The van der Waals surface area contributed by atoms with Gasteiger partial charge in [-0.3, -0.25) is 4.57 Å². The summed E-state index contributed by atoms with van der Waals surface area (Å²) < 4.78 is 1.70. The maximum atomic E-state index is 8.90. The zero-order chi connectivity index (χ0) is 13.7. The molecule has 1 unspecified atom stereocenters. The fourth-order valence-electron chi connectivity index (χ4n) is 1.52. The van der Waals surface area contributed by atoms with Crippen LogP contribution in [0.15, 0.2) is 18.7 Å². The van der Waals surface area contributed by atoms with E-state index in [1.165, 1.54) is 0 Å². The van der Waals surface area contributed by atoms with Gasteiger partial charge < -0.3 is 15.7 Å².